The van der Waals surface area contributed by atoms with Gasteiger partial charge in [-0.15, -0.1) is 11.8 Å². The lowest BCUT2D eigenvalue weighted by molar-refractivity contribution is -0.141. The largest absolute Gasteiger partial charge is 0.353 e. The molecule has 6 heteroatoms. The van der Waals surface area contributed by atoms with Gasteiger partial charge in [0.15, 0.2) is 0 Å². The number of rotatable bonds is 3. The number of nitrogens with one attached hydrogen (secondary N) is 1. The summed E-state index contributed by atoms with van der Waals surface area (Å²) in [6.45, 7) is 4.71. The van der Waals surface area contributed by atoms with Gasteiger partial charge in [-0.05, 0) is 38.1 Å². The Morgan fingerprint density at radius 2 is 2.10 bits per heavy atom. The zero-order valence-corrected chi connectivity index (χ0v) is 13.0. The average molecular weight is 313 g/mol. The molecule has 1 aromatic rings. The van der Waals surface area contributed by atoms with Gasteiger partial charge in [-0.2, -0.15) is 0 Å². The number of hydrogen-bond donors (Lipinski definition) is 1. The zero-order valence-electron chi connectivity index (χ0n) is 11.4. The van der Waals surface area contributed by atoms with Gasteiger partial charge in [0, 0.05) is 23.0 Å². The topological polar surface area (TPSA) is 49.4 Å². The number of amides is 2. The van der Waals surface area contributed by atoms with E-state index in [1.807, 2.05) is 19.1 Å². The SMILES string of the molecule is CC(Sc1ccc(Cl)cc1)C(=O)N1CCNC(=O)C1C. The Morgan fingerprint density at radius 3 is 2.75 bits per heavy atom. The molecule has 2 unspecified atom stereocenters. The highest BCUT2D eigenvalue weighted by molar-refractivity contribution is 8.00. The fraction of sp³-hybridized carbons (Fsp3) is 0.429. The van der Waals surface area contributed by atoms with Crippen molar-refractivity contribution in [2.45, 2.75) is 30.0 Å². The summed E-state index contributed by atoms with van der Waals surface area (Å²) in [6, 6.07) is 6.99. The molecule has 1 aliphatic heterocycles. The number of hydrogen-bond acceptors (Lipinski definition) is 3. The number of benzene rings is 1. The predicted octanol–water partition coefficient (Wildman–Crippen LogP) is 2.17. The number of nitrogens with zero attached hydrogens (tertiary/aromatic N) is 1. The van der Waals surface area contributed by atoms with Crippen LogP contribution in [0.5, 0.6) is 0 Å². The minimum Gasteiger partial charge on any atom is -0.353 e. The molecule has 20 heavy (non-hydrogen) atoms. The summed E-state index contributed by atoms with van der Waals surface area (Å²) in [4.78, 5) is 26.7. The predicted molar refractivity (Wildman–Crippen MR) is 81.0 cm³/mol. The second kappa shape index (κ2) is 6.50. The van der Waals surface area contributed by atoms with Crippen molar-refractivity contribution >= 4 is 35.2 Å². The Hall–Kier alpha value is -1.20. The first-order valence-electron chi connectivity index (χ1n) is 6.49. The fourth-order valence-corrected chi connectivity index (χ4v) is 3.15. The number of carbonyl (C=O) groups is 2. The summed E-state index contributed by atoms with van der Waals surface area (Å²) in [5.74, 6) is -0.0967. The van der Waals surface area contributed by atoms with Gasteiger partial charge >= 0.3 is 0 Å². The molecule has 1 aromatic carbocycles. The Morgan fingerprint density at radius 1 is 1.45 bits per heavy atom. The first-order valence-corrected chi connectivity index (χ1v) is 7.75. The smallest absolute Gasteiger partial charge is 0.242 e. The van der Waals surface area contributed by atoms with E-state index in [-0.39, 0.29) is 17.1 Å². The van der Waals surface area contributed by atoms with Crippen LogP contribution >= 0.6 is 23.4 Å². The highest BCUT2D eigenvalue weighted by Gasteiger charge is 2.31. The second-order valence-corrected chi connectivity index (χ2v) is 6.56. The molecule has 2 amide bonds. The van der Waals surface area contributed by atoms with Crippen molar-refractivity contribution in [3.05, 3.63) is 29.3 Å². The van der Waals surface area contributed by atoms with E-state index in [0.29, 0.717) is 18.1 Å². The monoisotopic (exact) mass is 312 g/mol. The van der Waals surface area contributed by atoms with Gasteiger partial charge < -0.3 is 10.2 Å². The third-order valence-corrected chi connectivity index (χ3v) is 4.61. The molecule has 1 aliphatic rings. The lowest BCUT2D eigenvalue weighted by Crippen LogP contribution is -2.57. The molecule has 0 saturated carbocycles. The van der Waals surface area contributed by atoms with Crippen LogP contribution in [0, 0.1) is 0 Å². The van der Waals surface area contributed by atoms with Crippen molar-refractivity contribution in [2.75, 3.05) is 13.1 Å². The van der Waals surface area contributed by atoms with E-state index in [1.165, 1.54) is 11.8 Å². The number of carbonyl (C=O) groups excluding carboxylic acids is 2. The first kappa shape index (κ1) is 15.2. The Bertz CT molecular complexity index is 506. The van der Waals surface area contributed by atoms with Crippen molar-refractivity contribution in [1.82, 2.24) is 10.2 Å². The molecule has 2 atom stereocenters. The number of halogens is 1. The normalized spacial score (nSPS) is 20.4. The highest BCUT2D eigenvalue weighted by atomic mass is 35.5. The van der Waals surface area contributed by atoms with Crippen LogP contribution in [0.15, 0.2) is 29.2 Å². The first-order chi connectivity index (χ1) is 9.49. The van der Waals surface area contributed by atoms with Crippen LogP contribution in [-0.4, -0.2) is 41.1 Å². The Balaban J connectivity index is 2.01. The second-order valence-electron chi connectivity index (χ2n) is 4.71. The van der Waals surface area contributed by atoms with Crippen LogP contribution in [0.4, 0.5) is 0 Å². The van der Waals surface area contributed by atoms with Gasteiger partial charge in [-0.3, -0.25) is 9.59 Å². The van der Waals surface area contributed by atoms with Gasteiger partial charge in [0.1, 0.15) is 6.04 Å². The fourth-order valence-electron chi connectivity index (χ4n) is 2.08. The van der Waals surface area contributed by atoms with E-state index in [0.717, 1.165) is 4.90 Å². The lowest BCUT2D eigenvalue weighted by atomic mass is 10.2. The summed E-state index contributed by atoms with van der Waals surface area (Å²) in [6.07, 6.45) is 0. The molecule has 1 fully saturated rings. The molecule has 0 radical (unpaired) electrons. The summed E-state index contributed by atoms with van der Waals surface area (Å²) in [7, 11) is 0. The van der Waals surface area contributed by atoms with E-state index in [4.69, 9.17) is 11.6 Å². The molecular formula is C14H17ClN2O2S. The van der Waals surface area contributed by atoms with Gasteiger partial charge in [-0.25, -0.2) is 0 Å². The third kappa shape index (κ3) is 3.46. The average Bonchev–Trinajstić information content (AvgIpc) is 2.43. The van der Waals surface area contributed by atoms with E-state index in [2.05, 4.69) is 5.32 Å². The Kier molecular flexibility index (Phi) is 4.94. The summed E-state index contributed by atoms with van der Waals surface area (Å²) < 4.78 is 0. The van der Waals surface area contributed by atoms with Crippen LogP contribution in [0.2, 0.25) is 5.02 Å². The molecule has 1 saturated heterocycles. The van der Waals surface area contributed by atoms with Gasteiger partial charge in [0.25, 0.3) is 0 Å². The zero-order chi connectivity index (χ0) is 14.7. The minimum atomic E-state index is -0.399. The minimum absolute atomic E-state index is 0.00713. The van der Waals surface area contributed by atoms with Gasteiger partial charge in [-0.1, -0.05) is 11.6 Å². The summed E-state index contributed by atoms with van der Waals surface area (Å²) in [5.41, 5.74) is 0. The molecular weight excluding hydrogens is 296 g/mol. The van der Waals surface area contributed by atoms with Crippen molar-refractivity contribution in [2.24, 2.45) is 0 Å². The van der Waals surface area contributed by atoms with Crippen LogP contribution < -0.4 is 5.32 Å². The number of thioether (sulfide) groups is 1. The van der Waals surface area contributed by atoms with E-state index < -0.39 is 6.04 Å². The third-order valence-electron chi connectivity index (χ3n) is 3.26. The maximum absolute atomic E-state index is 12.4. The van der Waals surface area contributed by atoms with Crippen LogP contribution in [0.25, 0.3) is 0 Å². The van der Waals surface area contributed by atoms with Crippen molar-refractivity contribution in [3.8, 4) is 0 Å². The maximum atomic E-state index is 12.4. The van der Waals surface area contributed by atoms with E-state index in [1.54, 1.807) is 24.0 Å². The molecule has 0 aliphatic carbocycles. The maximum Gasteiger partial charge on any atom is 0.242 e. The molecule has 2 rings (SSSR count). The quantitative estimate of drug-likeness (QED) is 0.870. The van der Waals surface area contributed by atoms with Crippen LogP contribution in [0.1, 0.15) is 13.8 Å². The molecule has 1 N–H and O–H groups in total. The molecule has 0 spiro atoms. The van der Waals surface area contributed by atoms with Crippen LogP contribution in [0.3, 0.4) is 0 Å². The van der Waals surface area contributed by atoms with Crippen LogP contribution in [-0.2, 0) is 9.59 Å². The molecule has 4 nitrogen and oxygen atoms in total. The summed E-state index contributed by atoms with van der Waals surface area (Å²) >= 11 is 7.31. The van der Waals surface area contributed by atoms with Gasteiger partial charge in [0.2, 0.25) is 11.8 Å². The van der Waals surface area contributed by atoms with Crippen molar-refractivity contribution in [1.29, 1.82) is 0 Å². The lowest BCUT2D eigenvalue weighted by Gasteiger charge is -2.34. The van der Waals surface area contributed by atoms with E-state index >= 15 is 0 Å². The molecule has 0 bridgehead atoms. The standard InChI is InChI=1S/C14H17ClN2O2S/c1-9-13(18)16-7-8-17(9)14(19)10(2)20-12-5-3-11(15)4-6-12/h3-6,9-10H,7-8H2,1-2H3,(H,16,18). The van der Waals surface area contributed by atoms with Gasteiger partial charge in [0.05, 0.1) is 5.25 Å². The van der Waals surface area contributed by atoms with E-state index in [9.17, 15) is 9.59 Å². The molecule has 108 valence electrons. The number of piperazine rings is 1. The van der Waals surface area contributed by atoms with Crippen molar-refractivity contribution < 1.29 is 9.59 Å². The highest BCUT2D eigenvalue weighted by Crippen LogP contribution is 2.26. The Labute approximate surface area is 127 Å². The summed E-state index contributed by atoms with van der Waals surface area (Å²) in [5, 5.41) is 3.20. The van der Waals surface area contributed by atoms with Crippen molar-refractivity contribution in [3.63, 3.8) is 0 Å². The molecule has 1 heterocycles. The molecule has 0 aromatic heterocycles.